The molecule has 0 amide bonds. The second-order valence-electron chi connectivity index (χ2n) is 3.01. The Hall–Kier alpha value is -0.240. The van der Waals surface area contributed by atoms with Crippen molar-refractivity contribution in [2.45, 2.75) is 45.1 Å². The first-order valence-corrected chi connectivity index (χ1v) is 4.18. The minimum absolute atomic E-state index is 0.0906. The molecule has 2 nitrogen and oxygen atoms in total. The van der Waals surface area contributed by atoms with Gasteiger partial charge in [0.15, 0.2) is 0 Å². The topological polar surface area (TPSA) is 26.3 Å². The average molecular weight is 179 g/mol. The van der Waals surface area contributed by atoms with Crippen LogP contribution in [0.15, 0.2) is 0 Å². The molecule has 1 unspecified atom stereocenters. The fourth-order valence-corrected chi connectivity index (χ4v) is 0.526. The summed E-state index contributed by atoms with van der Waals surface area (Å²) in [6, 6.07) is 0. The van der Waals surface area contributed by atoms with E-state index in [1.165, 1.54) is 0 Å². The highest BCUT2D eigenvalue weighted by atomic mass is 35.5. The van der Waals surface area contributed by atoms with Gasteiger partial charge in [-0.05, 0) is 27.2 Å². The summed E-state index contributed by atoms with van der Waals surface area (Å²) in [7, 11) is 0. The molecule has 0 aromatic rings. The summed E-state index contributed by atoms with van der Waals surface area (Å²) in [6.45, 7) is 7.13. The van der Waals surface area contributed by atoms with Crippen LogP contribution in [-0.2, 0) is 9.53 Å². The zero-order valence-electron chi connectivity index (χ0n) is 7.48. The van der Waals surface area contributed by atoms with Crippen LogP contribution in [0.25, 0.3) is 0 Å². The van der Waals surface area contributed by atoms with Crippen LogP contribution in [0.4, 0.5) is 0 Å². The molecule has 1 atom stereocenters. The van der Waals surface area contributed by atoms with E-state index in [2.05, 4.69) is 0 Å². The van der Waals surface area contributed by atoms with Crippen LogP contribution in [0.3, 0.4) is 0 Å². The van der Waals surface area contributed by atoms with Gasteiger partial charge < -0.3 is 4.74 Å². The number of esters is 1. The van der Waals surface area contributed by atoms with Crippen LogP contribution >= 0.6 is 11.6 Å². The van der Waals surface area contributed by atoms with Gasteiger partial charge in [0.1, 0.15) is 4.87 Å². The summed E-state index contributed by atoms with van der Waals surface area (Å²) in [4.78, 5) is 10.3. The lowest BCUT2D eigenvalue weighted by molar-refractivity contribution is -0.150. The first-order chi connectivity index (χ1) is 4.90. The van der Waals surface area contributed by atoms with E-state index >= 15 is 0 Å². The Morgan fingerprint density at radius 1 is 1.64 bits per heavy atom. The van der Waals surface area contributed by atoms with E-state index in [1.54, 1.807) is 20.8 Å². The number of halogens is 1. The van der Waals surface area contributed by atoms with Gasteiger partial charge in [0.25, 0.3) is 0 Å². The molecule has 0 spiro atoms. The maximum atomic E-state index is 11.2. The molecule has 0 rings (SSSR count). The largest absolute Gasteiger partial charge is 0.462 e. The quantitative estimate of drug-likeness (QED) is 0.490. The van der Waals surface area contributed by atoms with Crippen LogP contribution in [0.5, 0.6) is 0 Å². The number of rotatable bonds is 3. The number of hydrogen-bond acceptors (Lipinski definition) is 2. The predicted octanol–water partition coefficient (Wildman–Crippen LogP) is 2.35. The number of ether oxygens (including phenoxy) is 1. The third kappa shape index (κ3) is 3.61. The highest BCUT2D eigenvalue weighted by Gasteiger charge is 2.30. The van der Waals surface area contributed by atoms with Crippen molar-refractivity contribution in [3.05, 3.63) is 0 Å². The Bertz CT molecular complexity index is 141. The van der Waals surface area contributed by atoms with Crippen LogP contribution in [-0.4, -0.2) is 16.9 Å². The maximum Gasteiger partial charge on any atom is 0.327 e. The number of carbonyl (C=O) groups is 1. The summed E-state index contributed by atoms with van der Waals surface area (Å²) < 4.78 is 4.94. The summed E-state index contributed by atoms with van der Waals surface area (Å²) in [6.07, 6.45) is 0.493. The van der Waals surface area contributed by atoms with Crippen molar-refractivity contribution < 1.29 is 9.53 Å². The highest BCUT2D eigenvalue weighted by Crippen LogP contribution is 2.20. The van der Waals surface area contributed by atoms with Gasteiger partial charge in [0.2, 0.25) is 0 Å². The van der Waals surface area contributed by atoms with E-state index in [0.717, 1.165) is 0 Å². The van der Waals surface area contributed by atoms with Gasteiger partial charge in [0.05, 0.1) is 6.10 Å². The molecule has 0 heterocycles. The van der Waals surface area contributed by atoms with Gasteiger partial charge in [-0.15, -0.1) is 11.6 Å². The summed E-state index contributed by atoms with van der Waals surface area (Å²) in [5.74, 6) is -0.336. The van der Waals surface area contributed by atoms with Crippen LogP contribution in [0.1, 0.15) is 34.1 Å². The molecule has 0 saturated carbocycles. The monoisotopic (exact) mass is 178 g/mol. The molecule has 11 heavy (non-hydrogen) atoms. The van der Waals surface area contributed by atoms with E-state index in [9.17, 15) is 4.79 Å². The number of alkyl halides is 1. The standard InChI is InChI=1S/C8H15ClO2/c1-5-8(4,9)7(10)11-6(2)3/h6H,5H2,1-4H3. The van der Waals surface area contributed by atoms with Crippen molar-refractivity contribution in [1.82, 2.24) is 0 Å². The summed E-state index contributed by atoms with van der Waals surface area (Å²) >= 11 is 5.84. The fourth-order valence-electron chi connectivity index (χ4n) is 0.481. The molecule has 0 aromatic heterocycles. The van der Waals surface area contributed by atoms with Crippen molar-refractivity contribution in [1.29, 1.82) is 0 Å². The Morgan fingerprint density at radius 2 is 2.09 bits per heavy atom. The third-order valence-corrected chi connectivity index (χ3v) is 1.85. The zero-order chi connectivity index (χ0) is 9.07. The second kappa shape index (κ2) is 3.96. The van der Waals surface area contributed by atoms with Crippen molar-refractivity contribution in [3.63, 3.8) is 0 Å². The Labute approximate surface area is 72.9 Å². The molecule has 66 valence electrons. The van der Waals surface area contributed by atoms with Crippen LogP contribution in [0, 0.1) is 0 Å². The SMILES string of the molecule is CCC(C)(Cl)C(=O)OC(C)C. The smallest absolute Gasteiger partial charge is 0.327 e. The van der Waals surface area contributed by atoms with Gasteiger partial charge in [0, 0.05) is 0 Å². The minimum atomic E-state index is -0.857. The lowest BCUT2D eigenvalue weighted by Gasteiger charge is -2.19. The molecular formula is C8H15ClO2. The van der Waals surface area contributed by atoms with Gasteiger partial charge in [-0.3, -0.25) is 4.79 Å². The van der Waals surface area contributed by atoms with E-state index in [4.69, 9.17) is 16.3 Å². The van der Waals surface area contributed by atoms with Crippen molar-refractivity contribution in [3.8, 4) is 0 Å². The van der Waals surface area contributed by atoms with Gasteiger partial charge in [-0.2, -0.15) is 0 Å². The molecule has 0 radical (unpaired) electrons. The first kappa shape index (κ1) is 10.8. The van der Waals surface area contributed by atoms with Gasteiger partial charge in [-0.25, -0.2) is 0 Å². The molecule has 0 bridgehead atoms. The maximum absolute atomic E-state index is 11.2. The molecule has 0 aromatic carbocycles. The molecule has 0 saturated heterocycles. The van der Waals surface area contributed by atoms with Crippen LogP contribution < -0.4 is 0 Å². The van der Waals surface area contributed by atoms with Gasteiger partial charge in [-0.1, -0.05) is 6.92 Å². The molecular weight excluding hydrogens is 164 g/mol. The molecule has 0 aliphatic rings. The molecule has 0 aliphatic heterocycles. The van der Waals surface area contributed by atoms with E-state index < -0.39 is 4.87 Å². The molecule has 3 heteroatoms. The van der Waals surface area contributed by atoms with E-state index in [1.807, 2.05) is 6.92 Å². The van der Waals surface area contributed by atoms with Crippen molar-refractivity contribution >= 4 is 17.6 Å². The first-order valence-electron chi connectivity index (χ1n) is 3.80. The van der Waals surface area contributed by atoms with E-state index in [0.29, 0.717) is 6.42 Å². The van der Waals surface area contributed by atoms with Crippen molar-refractivity contribution in [2.24, 2.45) is 0 Å². The zero-order valence-corrected chi connectivity index (χ0v) is 8.23. The van der Waals surface area contributed by atoms with Crippen molar-refractivity contribution in [2.75, 3.05) is 0 Å². The normalized spacial score (nSPS) is 16.2. The third-order valence-electron chi connectivity index (χ3n) is 1.43. The number of carbonyl (C=O) groups excluding carboxylic acids is 1. The second-order valence-corrected chi connectivity index (χ2v) is 3.84. The average Bonchev–Trinajstić information content (AvgIpc) is 1.86. The Morgan fingerprint density at radius 3 is 2.36 bits per heavy atom. The Kier molecular flexibility index (Phi) is 3.87. The van der Waals surface area contributed by atoms with E-state index in [-0.39, 0.29) is 12.1 Å². The highest BCUT2D eigenvalue weighted by molar-refractivity contribution is 6.33. The summed E-state index contributed by atoms with van der Waals surface area (Å²) in [5.41, 5.74) is 0. The molecule has 0 N–H and O–H groups in total. The summed E-state index contributed by atoms with van der Waals surface area (Å²) in [5, 5.41) is 0. The molecule has 0 aliphatic carbocycles. The predicted molar refractivity (Wildman–Crippen MR) is 45.8 cm³/mol. The fraction of sp³-hybridized carbons (Fsp3) is 0.875. The lowest BCUT2D eigenvalue weighted by Crippen LogP contribution is -2.31. The Balaban J connectivity index is 4.02. The molecule has 0 fully saturated rings. The van der Waals surface area contributed by atoms with Crippen LogP contribution in [0.2, 0.25) is 0 Å². The minimum Gasteiger partial charge on any atom is -0.462 e. The number of hydrogen-bond donors (Lipinski definition) is 0. The van der Waals surface area contributed by atoms with Gasteiger partial charge >= 0.3 is 5.97 Å². The lowest BCUT2D eigenvalue weighted by atomic mass is 10.1.